The molecule has 0 amide bonds. The number of aromatic nitrogens is 2. The van der Waals surface area contributed by atoms with Gasteiger partial charge in [-0.15, -0.1) is 0 Å². The Hall–Kier alpha value is -3.05. The summed E-state index contributed by atoms with van der Waals surface area (Å²) < 4.78 is 2.33. The fraction of sp³-hybridized carbons (Fsp3) is 0.231. The number of pyridine rings is 1. The molecule has 0 radical (unpaired) electrons. The van der Waals surface area contributed by atoms with Crippen molar-refractivity contribution in [2.24, 2.45) is 4.99 Å². The van der Waals surface area contributed by atoms with Gasteiger partial charge in [0.25, 0.3) is 0 Å². The Kier molecular flexibility index (Phi) is 4.57. The number of thioether (sulfide) groups is 1. The third-order valence-corrected chi connectivity index (χ3v) is 7.55. The highest BCUT2D eigenvalue weighted by Crippen LogP contribution is 2.48. The van der Waals surface area contributed by atoms with Crippen molar-refractivity contribution >= 4 is 27.7 Å². The highest BCUT2D eigenvalue weighted by Gasteiger charge is 2.46. The van der Waals surface area contributed by atoms with Crippen LogP contribution in [0.15, 0.2) is 90.2 Å². The molecule has 2 aromatic carbocycles. The van der Waals surface area contributed by atoms with Crippen LogP contribution in [0.2, 0.25) is 0 Å². The zero-order chi connectivity index (χ0) is 20.8. The average Bonchev–Trinajstić information content (AvgIpc) is 3.54. The van der Waals surface area contributed by atoms with Gasteiger partial charge in [-0.2, -0.15) is 0 Å². The van der Waals surface area contributed by atoms with Crippen molar-refractivity contribution in [2.75, 3.05) is 5.75 Å². The summed E-state index contributed by atoms with van der Waals surface area (Å²) in [6.07, 6.45) is 5.17. The molecule has 0 aliphatic carbocycles. The van der Waals surface area contributed by atoms with Gasteiger partial charge in [-0.25, -0.2) is 0 Å². The van der Waals surface area contributed by atoms with Crippen LogP contribution < -0.4 is 0 Å². The van der Waals surface area contributed by atoms with E-state index in [0.29, 0.717) is 6.04 Å². The van der Waals surface area contributed by atoms with E-state index in [0.717, 1.165) is 17.9 Å². The molecule has 5 heteroatoms. The summed E-state index contributed by atoms with van der Waals surface area (Å²) >= 11 is 1.89. The van der Waals surface area contributed by atoms with Crippen molar-refractivity contribution in [1.29, 1.82) is 0 Å². The zero-order valence-electron chi connectivity index (χ0n) is 17.4. The molecule has 3 atom stereocenters. The molecule has 31 heavy (non-hydrogen) atoms. The molecule has 1 fully saturated rings. The Morgan fingerprint density at radius 3 is 2.68 bits per heavy atom. The highest BCUT2D eigenvalue weighted by atomic mass is 32.2. The Morgan fingerprint density at radius 1 is 0.968 bits per heavy atom. The van der Waals surface area contributed by atoms with E-state index in [4.69, 9.17) is 9.98 Å². The molecule has 2 aromatic heterocycles. The number of hydrogen-bond acceptors (Lipinski definition) is 4. The Morgan fingerprint density at radius 2 is 1.84 bits per heavy atom. The third-order valence-electron chi connectivity index (χ3n) is 6.42. The van der Waals surface area contributed by atoms with Crippen molar-refractivity contribution < 1.29 is 0 Å². The van der Waals surface area contributed by atoms with Gasteiger partial charge in [-0.3, -0.25) is 9.98 Å². The minimum atomic E-state index is 0.00663. The lowest BCUT2D eigenvalue weighted by Gasteiger charge is -2.32. The Balaban J connectivity index is 1.48. The van der Waals surface area contributed by atoms with E-state index >= 15 is 0 Å². The second kappa shape index (κ2) is 7.57. The molecule has 0 unspecified atom stereocenters. The van der Waals surface area contributed by atoms with Crippen molar-refractivity contribution in [1.82, 2.24) is 14.5 Å². The molecule has 2 aliphatic rings. The molecular formula is C26H24N4S. The second-order valence-electron chi connectivity index (χ2n) is 8.17. The number of benzene rings is 2. The Bertz CT molecular complexity index is 1260. The largest absolute Gasteiger partial charge is 0.337 e. The summed E-state index contributed by atoms with van der Waals surface area (Å²) in [6, 6.07) is 26.5. The summed E-state index contributed by atoms with van der Waals surface area (Å²) in [4.78, 5) is 12.4. The summed E-state index contributed by atoms with van der Waals surface area (Å²) in [5.74, 6) is 1.11. The van der Waals surface area contributed by atoms with E-state index in [1.165, 1.54) is 27.3 Å². The van der Waals surface area contributed by atoms with Crippen LogP contribution in [0.25, 0.3) is 16.5 Å². The topological polar surface area (TPSA) is 33.4 Å². The predicted molar refractivity (Wildman–Crippen MR) is 129 cm³/mol. The Labute approximate surface area is 186 Å². The maximum atomic E-state index is 5.17. The summed E-state index contributed by atoms with van der Waals surface area (Å²) in [5, 5.41) is 3.69. The molecule has 0 spiro atoms. The summed E-state index contributed by atoms with van der Waals surface area (Å²) in [6.45, 7) is 2.28. The third kappa shape index (κ3) is 3.07. The number of nitrogens with zero attached hydrogens (tertiary/aromatic N) is 4. The molecule has 4 nitrogen and oxygen atoms in total. The van der Waals surface area contributed by atoms with Crippen LogP contribution in [-0.4, -0.2) is 31.4 Å². The van der Waals surface area contributed by atoms with Crippen LogP contribution in [0.5, 0.6) is 0 Å². The first-order chi connectivity index (χ1) is 15.3. The molecular weight excluding hydrogens is 400 g/mol. The van der Waals surface area contributed by atoms with Gasteiger partial charge in [0.2, 0.25) is 0 Å². The number of rotatable bonds is 4. The number of amidine groups is 1. The van der Waals surface area contributed by atoms with Gasteiger partial charge in [0.15, 0.2) is 5.17 Å². The average molecular weight is 425 g/mol. The molecule has 4 heterocycles. The van der Waals surface area contributed by atoms with E-state index in [1.54, 1.807) is 0 Å². The molecule has 154 valence electrons. The van der Waals surface area contributed by atoms with Crippen LogP contribution in [0, 0.1) is 0 Å². The van der Waals surface area contributed by atoms with E-state index in [9.17, 15) is 0 Å². The smallest absolute Gasteiger partial charge is 0.160 e. The standard InChI is InChI=1S/C26H24N4S/c1-2-20-17-31-26-28-24(22-10-5-6-14-27-22)25(30(20)26)23-11-7-15-29(23)21-13-12-18-8-3-4-9-19(18)16-21/h3-16,20,24-25H,2,17H2,1H3/t20-,24+,25-/m1/s1. The number of hydrogen-bond donors (Lipinski definition) is 0. The van der Waals surface area contributed by atoms with E-state index in [-0.39, 0.29) is 12.1 Å². The van der Waals surface area contributed by atoms with Crippen LogP contribution in [0.3, 0.4) is 0 Å². The summed E-state index contributed by atoms with van der Waals surface area (Å²) in [5.41, 5.74) is 3.49. The monoisotopic (exact) mass is 424 g/mol. The fourth-order valence-electron chi connectivity index (χ4n) is 4.87. The lowest BCUT2D eigenvalue weighted by Crippen LogP contribution is -2.36. The van der Waals surface area contributed by atoms with Crippen molar-refractivity contribution in [3.8, 4) is 5.69 Å². The first kappa shape index (κ1) is 18.7. The minimum absolute atomic E-state index is 0.00663. The lowest BCUT2D eigenvalue weighted by atomic mass is 9.99. The van der Waals surface area contributed by atoms with Gasteiger partial charge in [0.05, 0.1) is 5.69 Å². The van der Waals surface area contributed by atoms with Crippen LogP contribution in [0.1, 0.15) is 36.8 Å². The SMILES string of the molecule is CC[C@@H]1CSC2=N[C@@H](c3ccccn3)[C@@H](c3cccn3-c3ccc4ccccc4c3)N21. The molecule has 0 N–H and O–H groups in total. The number of aliphatic imine (C=N–C) groups is 1. The molecule has 4 aromatic rings. The summed E-state index contributed by atoms with van der Waals surface area (Å²) in [7, 11) is 0. The minimum Gasteiger partial charge on any atom is -0.337 e. The quantitative estimate of drug-likeness (QED) is 0.403. The van der Waals surface area contributed by atoms with Crippen molar-refractivity contribution in [2.45, 2.75) is 31.5 Å². The van der Waals surface area contributed by atoms with E-state index in [2.05, 4.69) is 89.3 Å². The van der Waals surface area contributed by atoms with Crippen molar-refractivity contribution in [3.63, 3.8) is 0 Å². The maximum absolute atomic E-state index is 5.17. The second-order valence-corrected chi connectivity index (χ2v) is 9.16. The van der Waals surface area contributed by atoms with Gasteiger partial charge in [0, 0.05) is 35.6 Å². The maximum Gasteiger partial charge on any atom is 0.160 e. The van der Waals surface area contributed by atoms with Gasteiger partial charge in [0.1, 0.15) is 12.1 Å². The molecule has 1 saturated heterocycles. The van der Waals surface area contributed by atoms with Gasteiger partial charge in [-0.1, -0.05) is 55.1 Å². The molecule has 0 saturated carbocycles. The molecule has 0 bridgehead atoms. The lowest BCUT2D eigenvalue weighted by molar-refractivity contribution is 0.249. The van der Waals surface area contributed by atoms with Gasteiger partial charge in [-0.05, 0) is 53.6 Å². The first-order valence-electron chi connectivity index (χ1n) is 10.9. The predicted octanol–water partition coefficient (Wildman–Crippen LogP) is 6.00. The van der Waals surface area contributed by atoms with Gasteiger partial charge < -0.3 is 9.47 Å². The molecule has 6 rings (SSSR count). The fourth-order valence-corrected chi connectivity index (χ4v) is 6.21. The van der Waals surface area contributed by atoms with Crippen LogP contribution >= 0.6 is 11.8 Å². The zero-order valence-corrected chi connectivity index (χ0v) is 18.2. The van der Waals surface area contributed by atoms with E-state index in [1.807, 2.05) is 24.0 Å². The highest BCUT2D eigenvalue weighted by molar-refractivity contribution is 8.14. The normalized spacial score (nSPS) is 22.7. The van der Waals surface area contributed by atoms with Crippen LogP contribution in [-0.2, 0) is 0 Å². The van der Waals surface area contributed by atoms with Crippen LogP contribution in [0.4, 0.5) is 0 Å². The number of fused-ring (bicyclic) bond motifs is 2. The van der Waals surface area contributed by atoms with Crippen molar-refractivity contribution in [3.05, 3.63) is 96.6 Å². The van der Waals surface area contributed by atoms with E-state index < -0.39 is 0 Å². The van der Waals surface area contributed by atoms with Gasteiger partial charge >= 0.3 is 0 Å². The molecule has 2 aliphatic heterocycles. The first-order valence-corrected chi connectivity index (χ1v) is 11.9.